The minimum Gasteiger partial charge on any atom is -0.354 e. The fourth-order valence-electron chi connectivity index (χ4n) is 8.26. The van der Waals surface area contributed by atoms with Gasteiger partial charge in [0.2, 0.25) is 17.8 Å². The molecular formula is C35H45Cl2N15O. The lowest BCUT2D eigenvalue weighted by molar-refractivity contribution is -0.129. The summed E-state index contributed by atoms with van der Waals surface area (Å²) in [6, 6.07) is 1.96. The van der Waals surface area contributed by atoms with E-state index >= 15 is 0 Å². The second kappa shape index (κ2) is 13.6. The molecular weight excluding hydrogens is 717 g/mol. The summed E-state index contributed by atoms with van der Waals surface area (Å²) in [7, 11) is 3.71. The maximum Gasteiger partial charge on any atom is 0.236 e. The molecule has 8 rings (SSSR count). The zero-order chi connectivity index (χ0) is 37.8. The Hall–Kier alpha value is -4.72. The van der Waals surface area contributed by atoms with Gasteiger partial charge in [-0.05, 0) is 0 Å². The number of aromatic nitrogens is 8. The Balaban J connectivity index is 0.000000167. The average molecular weight is 763 g/mol. The molecule has 4 aromatic heterocycles. The first-order valence-corrected chi connectivity index (χ1v) is 18.3. The van der Waals surface area contributed by atoms with Gasteiger partial charge in [-0.2, -0.15) is 25.4 Å². The summed E-state index contributed by atoms with van der Waals surface area (Å²) < 4.78 is 3.43. The Morgan fingerprint density at radius 3 is 1.58 bits per heavy atom. The molecule has 1 amide bonds. The molecule has 0 aliphatic carbocycles. The van der Waals surface area contributed by atoms with Crippen molar-refractivity contribution in [3.63, 3.8) is 0 Å². The number of amides is 1. The number of carbonyl (C=O) groups excluding carboxylic acids is 1. The zero-order valence-corrected chi connectivity index (χ0v) is 32.4. The normalized spacial score (nSPS) is 27.3. The van der Waals surface area contributed by atoms with Crippen LogP contribution in [0.25, 0.3) is 0 Å². The summed E-state index contributed by atoms with van der Waals surface area (Å²) >= 11 is 12.8. The molecule has 18 heteroatoms. The fraction of sp³-hybridized carbons (Fsp3) is 0.543. The van der Waals surface area contributed by atoms with E-state index in [2.05, 4.69) is 83.6 Å². The molecule has 3 N–H and O–H groups in total. The van der Waals surface area contributed by atoms with Gasteiger partial charge in [0, 0.05) is 101 Å². The molecule has 0 unspecified atom stereocenters. The van der Waals surface area contributed by atoms with Gasteiger partial charge in [0.05, 0.1) is 42.2 Å². The maximum absolute atomic E-state index is 12.2. The SMILES string of the molecule is Cn1cc(Nc2ncc(Cl)c(N3C[C@]4(C)CN(C(=O)CC#N)C[C@]4(C)C3)n2)cn1.Cn1cc(Nc2ncc(Cl)c(N3C[C@]4(C)CNC[C@]4(C)C3)n2)cn1. The quantitative estimate of drug-likeness (QED) is 0.244. The number of fused-ring (bicyclic) bond motifs is 2. The van der Waals surface area contributed by atoms with Crippen LogP contribution in [0.3, 0.4) is 0 Å². The minimum absolute atomic E-state index is 0.0724. The predicted octanol–water partition coefficient (Wildman–Crippen LogP) is 4.24. The van der Waals surface area contributed by atoms with Crippen molar-refractivity contribution in [3.05, 3.63) is 47.2 Å². The molecule has 4 atom stereocenters. The van der Waals surface area contributed by atoms with Gasteiger partial charge in [0.25, 0.3) is 0 Å². The Kier molecular flexibility index (Phi) is 9.40. The zero-order valence-electron chi connectivity index (χ0n) is 30.9. The number of nitrogens with one attached hydrogen (secondary N) is 3. The highest BCUT2D eigenvalue weighted by molar-refractivity contribution is 6.33. The molecule has 4 aromatic rings. The smallest absolute Gasteiger partial charge is 0.236 e. The molecule has 4 fully saturated rings. The standard InChI is InChI=1S/C19H23ClN8O.C16H22ClN7/c1-18-9-27(15(29)4-5-21)10-19(18,2)12-28(11-18)16-14(20)7-22-17(25-16)24-13-6-23-26(3)8-13;1-15-7-18-8-16(15,2)10-24(9-15)13-12(17)5-19-14(22-13)21-11-4-20-23(3)6-11/h6-8H,4,9-12H2,1-3H3,(H,22,24,25);4-6,18H,7-10H2,1-3H3,(H,19,21,22)/t18-,19+;15-,16+. The van der Waals surface area contributed by atoms with Gasteiger partial charge in [-0.1, -0.05) is 50.9 Å². The van der Waals surface area contributed by atoms with E-state index in [1.807, 2.05) is 37.5 Å². The molecule has 16 nitrogen and oxygen atoms in total. The van der Waals surface area contributed by atoms with Gasteiger partial charge < -0.3 is 30.7 Å². The van der Waals surface area contributed by atoms with Gasteiger partial charge >= 0.3 is 0 Å². The molecule has 0 spiro atoms. The highest BCUT2D eigenvalue weighted by Crippen LogP contribution is 2.53. The number of hydrogen-bond acceptors (Lipinski definition) is 13. The van der Waals surface area contributed by atoms with Crippen molar-refractivity contribution >= 4 is 64.0 Å². The Labute approximate surface area is 318 Å². The van der Waals surface area contributed by atoms with E-state index in [1.165, 1.54) is 0 Å². The summed E-state index contributed by atoms with van der Waals surface area (Å²) in [6.07, 6.45) is 10.4. The van der Waals surface area contributed by atoms with E-state index in [0.29, 0.717) is 40.8 Å². The number of anilines is 6. The van der Waals surface area contributed by atoms with Crippen LogP contribution in [0.2, 0.25) is 10.0 Å². The average Bonchev–Trinajstić information content (AvgIpc) is 3.91. The Bertz CT molecular complexity index is 2030. The van der Waals surface area contributed by atoms with Crippen molar-refractivity contribution in [2.24, 2.45) is 35.8 Å². The minimum atomic E-state index is -0.108. The maximum atomic E-state index is 12.2. The molecule has 0 bridgehead atoms. The Morgan fingerprint density at radius 1 is 0.755 bits per heavy atom. The first-order chi connectivity index (χ1) is 25.1. The first kappa shape index (κ1) is 36.6. The fourth-order valence-corrected chi connectivity index (χ4v) is 8.68. The lowest BCUT2D eigenvalue weighted by Crippen LogP contribution is -2.35. The van der Waals surface area contributed by atoms with Gasteiger partial charge in [0.1, 0.15) is 16.5 Å². The number of hydrogen-bond donors (Lipinski definition) is 3. The van der Waals surface area contributed by atoms with Crippen LogP contribution >= 0.6 is 23.2 Å². The van der Waals surface area contributed by atoms with Crippen LogP contribution in [0, 0.1) is 33.0 Å². The predicted molar refractivity (Wildman–Crippen MR) is 204 cm³/mol. The van der Waals surface area contributed by atoms with Crippen LogP contribution in [0.1, 0.15) is 34.1 Å². The van der Waals surface area contributed by atoms with Gasteiger partial charge in [-0.25, -0.2) is 9.97 Å². The largest absolute Gasteiger partial charge is 0.354 e. The van der Waals surface area contributed by atoms with E-state index in [-0.39, 0.29) is 34.0 Å². The summed E-state index contributed by atoms with van der Waals surface area (Å²) in [5.41, 5.74) is 1.90. The van der Waals surface area contributed by atoms with Crippen molar-refractivity contribution in [2.45, 2.75) is 34.1 Å². The monoisotopic (exact) mass is 761 g/mol. The molecule has 0 saturated carbocycles. The van der Waals surface area contributed by atoms with Crippen LogP contribution in [0.15, 0.2) is 37.2 Å². The van der Waals surface area contributed by atoms with Crippen LogP contribution < -0.4 is 25.8 Å². The first-order valence-electron chi connectivity index (χ1n) is 17.5. The lowest BCUT2D eigenvalue weighted by atomic mass is 9.71. The number of nitrogens with zero attached hydrogens (tertiary/aromatic N) is 12. The number of nitriles is 1. The molecule has 4 aliphatic heterocycles. The van der Waals surface area contributed by atoms with Crippen molar-refractivity contribution in [3.8, 4) is 6.07 Å². The lowest BCUT2D eigenvalue weighted by Gasteiger charge is -2.30. The Morgan fingerprint density at radius 2 is 1.19 bits per heavy atom. The summed E-state index contributed by atoms with van der Waals surface area (Å²) in [5, 5.41) is 28.0. The summed E-state index contributed by atoms with van der Waals surface area (Å²) in [4.78, 5) is 36.4. The van der Waals surface area contributed by atoms with Crippen LogP contribution in [0.5, 0.6) is 0 Å². The molecule has 4 aliphatic rings. The third-order valence-corrected chi connectivity index (χ3v) is 12.3. The number of rotatable bonds is 7. The van der Waals surface area contributed by atoms with Crippen molar-refractivity contribution < 1.29 is 4.79 Å². The van der Waals surface area contributed by atoms with Crippen molar-refractivity contribution in [2.75, 3.05) is 72.8 Å². The number of halogens is 2. The summed E-state index contributed by atoms with van der Waals surface area (Å²) in [5.74, 6) is 2.37. The third kappa shape index (κ3) is 6.93. The van der Waals surface area contributed by atoms with E-state index in [1.54, 1.807) is 34.2 Å². The van der Waals surface area contributed by atoms with Crippen LogP contribution in [-0.4, -0.2) is 103 Å². The number of carbonyl (C=O) groups is 1. The second-order valence-corrected chi connectivity index (χ2v) is 16.7. The second-order valence-electron chi connectivity index (χ2n) is 15.9. The molecule has 0 radical (unpaired) electrons. The van der Waals surface area contributed by atoms with Gasteiger partial charge in [0.15, 0.2) is 11.6 Å². The molecule has 4 saturated heterocycles. The van der Waals surface area contributed by atoms with E-state index in [4.69, 9.17) is 28.5 Å². The number of aryl methyl sites for hydroxylation is 2. The molecule has 280 valence electrons. The highest BCUT2D eigenvalue weighted by atomic mass is 35.5. The molecule has 0 aromatic carbocycles. The summed E-state index contributed by atoms with van der Waals surface area (Å²) in [6.45, 7) is 15.7. The van der Waals surface area contributed by atoms with Crippen molar-refractivity contribution in [1.29, 1.82) is 5.26 Å². The van der Waals surface area contributed by atoms with Crippen LogP contribution in [-0.2, 0) is 18.9 Å². The van der Waals surface area contributed by atoms with Crippen molar-refractivity contribution in [1.82, 2.24) is 49.7 Å². The molecule has 8 heterocycles. The van der Waals surface area contributed by atoms with E-state index in [0.717, 1.165) is 56.5 Å². The van der Waals surface area contributed by atoms with E-state index in [9.17, 15) is 4.79 Å². The van der Waals surface area contributed by atoms with Crippen LogP contribution in [0.4, 0.5) is 34.9 Å². The molecule has 53 heavy (non-hydrogen) atoms. The van der Waals surface area contributed by atoms with Gasteiger partial charge in [-0.3, -0.25) is 14.2 Å². The van der Waals surface area contributed by atoms with E-state index < -0.39 is 0 Å². The van der Waals surface area contributed by atoms with Gasteiger partial charge in [-0.15, -0.1) is 0 Å². The topological polar surface area (TPSA) is 174 Å². The third-order valence-electron chi connectivity index (χ3n) is 11.7. The number of likely N-dealkylation sites (tertiary alicyclic amines) is 1. The highest BCUT2D eigenvalue weighted by Gasteiger charge is 2.59.